The van der Waals surface area contributed by atoms with Gasteiger partial charge in [0.05, 0.1) is 11.4 Å². The van der Waals surface area contributed by atoms with E-state index in [0.29, 0.717) is 51.0 Å². The Labute approximate surface area is 177 Å². The van der Waals surface area contributed by atoms with E-state index < -0.39 is 10.0 Å². The fourth-order valence-electron chi connectivity index (χ4n) is 4.59. The summed E-state index contributed by atoms with van der Waals surface area (Å²) in [6, 6.07) is 16.2. The van der Waals surface area contributed by atoms with E-state index in [4.69, 9.17) is 0 Å². The molecule has 2 aromatic carbocycles. The molecule has 0 N–H and O–H groups in total. The minimum Gasteiger partial charge on any atom is -0.298 e. The second-order valence-electron chi connectivity index (χ2n) is 8.27. The molecule has 30 heavy (non-hydrogen) atoms. The van der Waals surface area contributed by atoms with Crippen molar-refractivity contribution < 1.29 is 18.0 Å². The van der Waals surface area contributed by atoms with Gasteiger partial charge in [-0.2, -0.15) is 4.31 Å². The van der Waals surface area contributed by atoms with Gasteiger partial charge in [-0.1, -0.05) is 42.5 Å². The van der Waals surface area contributed by atoms with Gasteiger partial charge >= 0.3 is 0 Å². The molecule has 0 unspecified atom stereocenters. The molecule has 0 amide bonds. The Bertz CT molecular complexity index is 1040. The molecular weight excluding hydrogens is 400 g/mol. The summed E-state index contributed by atoms with van der Waals surface area (Å²) < 4.78 is 27.6. The maximum absolute atomic E-state index is 13.1. The number of piperidine rings is 1. The Balaban J connectivity index is 1.49. The third kappa shape index (κ3) is 3.97. The number of carbonyl (C=O) groups excluding carboxylic acids is 2. The lowest BCUT2D eigenvalue weighted by Crippen LogP contribution is -2.52. The summed E-state index contributed by atoms with van der Waals surface area (Å²) in [5.74, 6) is 0.130. The highest BCUT2D eigenvalue weighted by molar-refractivity contribution is 7.89. The molecule has 2 heterocycles. The van der Waals surface area contributed by atoms with Crippen LogP contribution in [0.5, 0.6) is 0 Å². The molecule has 7 heteroatoms. The Morgan fingerprint density at radius 1 is 1.00 bits per heavy atom. The number of benzene rings is 2. The SMILES string of the molecule is CC(=O)c1ccc(S(=O)(=O)N2CCC3(CC2)CC(=O)CN3Cc2ccccc2)cc1. The van der Waals surface area contributed by atoms with Gasteiger partial charge in [0.25, 0.3) is 0 Å². The molecule has 1 spiro atoms. The third-order valence-corrected chi connectivity index (χ3v) is 8.25. The van der Waals surface area contributed by atoms with Gasteiger partial charge in [0.1, 0.15) is 5.78 Å². The standard InChI is InChI=1S/C23H26N2O4S/c1-18(26)20-7-9-22(10-8-20)30(28,29)25-13-11-23(12-14-25)15-21(27)17-24(23)16-19-5-3-2-4-6-19/h2-10H,11-17H2,1H3. The van der Waals surface area contributed by atoms with Crippen LogP contribution in [0, 0.1) is 0 Å². The number of hydrogen-bond donors (Lipinski definition) is 0. The highest BCUT2D eigenvalue weighted by atomic mass is 32.2. The van der Waals surface area contributed by atoms with Gasteiger partial charge in [-0.05, 0) is 37.5 Å². The number of ketones is 2. The van der Waals surface area contributed by atoms with Crippen molar-refractivity contribution in [2.75, 3.05) is 19.6 Å². The molecule has 0 radical (unpaired) electrons. The van der Waals surface area contributed by atoms with E-state index in [9.17, 15) is 18.0 Å². The molecule has 4 rings (SSSR count). The van der Waals surface area contributed by atoms with Crippen molar-refractivity contribution in [1.29, 1.82) is 0 Å². The lowest BCUT2D eigenvalue weighted by Gasteiger charge is -2.44. The Kier molecular flexibility index (Phi) is 5.61. The maximum atomic E-state index is 13.1. The molecular formula is C23H26N2O4S. The van der Waals surface area contributed by atoms with Crippen LogP contribution in [0.25, 0.3) is 0 Å². The van der Waals surface area contributed by atoms with Crippen LogP contribution in [0.3, 0.4) is 0 Å². The minimum absolute atomic E-state index is 0.0942. The summed E-state index contributed by atoms with van der Waals surface area (Å²) >= 11 is 0. The lowest BCUT2D eigenvalue weighted by atomic mass is 9.85. The average molecular weight is 427 g/mol. The van der Waals surface area contributed by atoms with E-state index in [-0.39, 0.29) is 22.0 Å². The number of rotatable bonds is 5. The van der Waals surface area contributed by atoms with Crippen LogP contribution in [0.4, 0.5) is 0 Å². The summed E-state index contributed by atoms with van der Waals surface area (Å²) in [6.45, 7) is 3.35. The van der Waals surface area contributed by atoms with E-state index in [2.05, 4.69) is 17.0 Å². The fourth-order valence-corrected chi connectivity index (χ4v) is 6.03. The Hall–Kier alpha value is -2.35. The van der Waals surface area contributed by atoms with E-state index in [1.54, 1.807) is 12.1 Å². The molecule has 158 valence electrons. The van der Waals surface area contributed by atoms with Gasteiger partial charge in [-0.3, -0.25) is 14.5 Å². The average Bonchev–Trinajstić information content (AvgIpc) is 3.03. The molecule has 2 aromatic rings. The molecule has 0 saturated carbocycles. The van der Waals surface area contributed by atoms with Crippen molar-refractivity contribution in [2.24, 2.45) is 0 Å². The van der Waals surface area contributed by atoms with E-state index >= 15 is 0 Å². The zero-order valence-electron chi connectivity index (χ0n) is 17.1. The monoisotopic (exact) mass is 426 g/mol. The Morgan fingerprint density at radius 2 is 1.63 bits per heavy atom. The van der Waals surface area contributed by atoms with Crippen LogP contribution in [-0.2, 0) is 21.4 Å². The molecule has 0 aromatic heterocycles. The third-order valence-electron chi connectivity index (χ3n) is 6.33. The molecule has 2 aliphatic rings. The van der Waals surface area contributed by atoms with Crippen LogP contribution in [0.15, 0.2) is 59.5 Å². The van der Waals surface area contributed by atoms with Crippen molar-refractivity contribution in [3.63, 3.8) is 0 Å². The predicted octanol–water partition coefficient (Wildman–Crippen LogP) is 2.89. The van der Waals surface area contributed by atoms with Crippen molar-refractivity contribution in [3.05, 3.63) is 65.7 Å². The zero-order valence-corrected chi connectivity index (χ0v) is 17.9. The number of nitrogens with zero attached hydrogens (tertiary/aromatic N) is 2. The summed E-state index contributed by atoms with van der Waals surface area (Å²) in [4.78, 5) is 26.2. The normalized spacial score (nSPS) is 20.0. The summed E-state index contributed by atoms with van der Waals surface area (Å²) in [5, 5.41) is 0. The highest BCUT2D eigenvalue weighted by Crippen LogP contribution is 2.39. The molecule has 0 bridgehead atoms. The molecule has 0 atom stereocenters. The first kappa shape index (κ1) is 20.9. The van der Waals surface area contributed by atoms with Crippen molar-refractivity contribution in [1.82, 2.24) is 9.21 Å². The molecule has 6 nitrogen and oxygen atoms in total. The van der Waals surface area contributed by atoms with E-state index in [1.807, 2.05) is 18.2 Å². The number of likely N-dealkylation sites (tertiary alicyclic amines) is 1. The molecule has 2 fully saturated rings. The van der Waals surface area contributed by atoms with Crippen molar-refractivity contribution in [3.8, 4) is 0 Å². The lowest BCUT2D eigenvalue weighted by molar-refractivity contribution is -0.117. The first-order valence-electron chi connectivity index (χ1n) is 10.2. The van der Waals surface area contributed by atoms with Gasteiger partial charge in [0, 0.05) is 37.2 Å². The van der Waals surface area contributed by atoms with Crippen LogP contribution in [0.1, 0.15) is 42.1 Å². The predicted molar refractivity (Wildman–Crippen MR) is 114 cm³/mol. The van der Waals surface area contributed by atoms with Crippen LogP contribution >= 0.6 is 0 Å². The summed E-state index contributed by atoms with van der Waals surface area (Å²) in [5.41, 5.74) is 1.39. The minimum atomic E-state index is -3.62. The van der Waals surface area contributed by atoms with Gasteiger partial charge in [0.2, 0.25) is 10.0 Å². The van der Waals surface area contributed by atoms with Gasteiger partial charge in [0.15, 0.2) is 5.78 Å². The number of sulfonamides is 1. The number of carbonyl (C=O) groups is 2. The van der Waals surface area contributed by atoms with Crippen LogP contribution in [-0.4, -0.2) is 54.4 Å². The van der Waals surface area contributed by atoms with Gasteiger partial charge < -0.3 is 0 Å². The van der Waals surface area contributed by atoms with Crippen molar-refractivity contribution in [2.45, 2.75) is 43.2 Å². The van der Waals surface area contributed by atoms with Crippen LogP contribution < -0.4 is 0 Å². The number of hydrogen-bond acceptors (Lipinski definition) is 5. The second kappa shape index (κ2) is 8.06. The number of Topliss-reactive ketones (excluding diaryl/α,β-unsaturated/α-hetero) is 2. The van der Waals surface area contributed by atoms with E-state index in [1.165, 1.54) is 23.4 Å². The Morgan fingerprint density at radius 3 is 2.23 bits per heavy atom. The first-order chi connectivity index (χ1) is 14.3. The fraction of sp³-hybridized carbons (Fsp3) is 0.391. The highest BCUT2D eigenvalue weighted by Gasteiger charge is 2.48. The zero-order chi connectivity index (χ0) is 21.4. The molecule has 0 aliphatic carbocycles. The maximum Gasteiger partial charge on any atom is 0.243 e. The molecule has 2 saturated heterocycles. The largest absolute Gasteiger partial charge is 0.298 e. The first-order valence-corrected chi connectivity index (χ1v) is 11.7. The smallest absolute Gasteiger partial charge is 0.243 e. The van der Waals surface area contributed by atoms with E-state index in [0.717, 1.165) is 5.56 Å². The summed E-state index contributed by atoms with van der Waals surface area (Å²) in [7, 11) is -3.62. The summed E-state index contributed by atoms with van der Waals surface area (Å²) in [6.07, 6.45) is 1.76. The quantitative estimate of drug-likeness (QED) is 0.688. The van der Waals surface area contributed by atoms with Crippen molar-refractivity contribution >= 4 is 21.6 Å². The van der Waals surface area contributed by atoms with Crippen LogP contribution in [0.2, 0.25) is 0 Å². The van der Waals surface area contributed by atoms with Gasteiger partial charge in [-0.25, -0.2) is 8.42 Å². The van der Waals surface area contributed by atoms with Gasteiger partial charge in [-0.15, -0.1) is 0 Å². The second-order valence-corrected chi connectivity index (χ2v) is 10.2. The topological polar surface area (TPSA) is 74.8 Å². The molecule has 2 aliphatic heterocycles.